The summed E-state index contributed by atoms with van der Waals surface area (Å²) in [6.07, 6.45) is 0. The molecule has 1 nitrogen and oxygen atoms in total. The average molecular weight is 594 g/mol. The summed E-state index contributed by atoms with van der Waals surface area (Å²) in [5, 5.41) is 5.12. The Balaban J connectivity index is 1.28. The van der Waals surface area contributed by atoms with E-state index >= 15 is 0 Å². The van der Waals surface area contributed by atoms with Gasteiger partial charge in [-0.05, 0) is 92.7 Å². The molecule has 214 valence electrons. The van der Waals surface area contributed by atoms with Crippen molar-refractivity contribution >= 4 is 59.3 Å². The van der Waals surface area contributed by atoms with Crippen LogP contribution in [0.5, 0.6) is 0 Å². The average Bonchev–Trinajstić information content (AvgIpc) is 3.58. The number of benzene rings is 7. The smallest absolute Gasteiger partial charge is 0.0554 e. The van der Waals surface area contributed by atoms with Crippen LogP contribution in [0.15, 0.2) is 152 Å². The summed E-state index contributed by atoms with van der Waals surface area (Å²) in [5.74, 6) is 0. The van der Waals surface area contributed by atoms with Gasteiger partial charge in [-0.2, -0.15) is 0 Å². The highest BCUT2D eigenvalue weighted by molar-refractivity contribution is 7.26. The molecule has 0 radical (unpaired) electrons. The van der Waals surface area contributed by atoms with Crippen LogP contribution in [0, 0.1) is 0 Å². The molecule has 7 aromatic carbocycles. The number of nitrogens with zero attached hydrogens (tertiary/aromatic N) is 1. The van der Waals surface area contributed by atoms with E-state index in [-0.39, 0.29) is 5.41 Å². The number of rotatable bonds is 4. The first-order valence-electron chi connectivity index (χ1n) is 15.6. The van der Waals surface area contributed by atoms with Crippen LogP contribution in [0.2, 0.25) is 0 Å². The summed E-state index contributed by atoms with van der Waals surface area (Å²) in [5.41, 5.74) is 11.3. The Labute approximate surface area is 267 Å². The summed E-state index contributed by atoms with van der Waals surface area (Å²) < 4.78 is 2.62. The highest BCUT2D eigenvalue weighted by atomic mass is 32.1. The van der Waals surface area contributed by atoms with Crippen molar-refractivity contribution in [3.05, 3.63) is 163 Å². The summed E-state index contributed by atoms with van der Waals surface area (Å²) in [6, 6.07) is 55.9. The number of anilines is 3. The molecule has 0 spiro atoms. The van der Waals surface area contributed by atoms with Gasteiger partial charge < -0.3 is 4.90 Å². The number of hydrogen-bond donors (Lipinski definition) is 0. The maximum Gasteiger partial charge on any atom is 0.0554 e. The highest BCUT2D eigenvalue weighted by Gasteiger charge is 2.35. The summed E-state index contributed by atoms with van der Waals surface area (Å²) in [4.78, 5) is 2.48. The monoisotopic (exact) mass is 593 g/mol. The lowest BCUT2D eigenvalue weighted by molar-refractivity contribution is 0.660. The van der Waals surface area contributed by atoms with Gasteiger partial charge in [0.1, 0.15) is 0 Å². The molecule has 1 heterocycles. The highest BCUT2D eigenvalue weighted by Crippen LogP contribution is 2.52. The summed E-state index contributed by atoms with van der Waals surface area (Å²) in [7, 11) is 0. The van der Waals surface area contributed by atoms with Crippen molar-refractivity contribution in [1.82, 2.24) is 0 Å². The maximum absolute atomic E-state index is 2.48. The third-order valence-electron chi connectivity index (χ3n) is 9.63. The predicted molar refractivity (Wildman–Crippen MR) is 195 cm³/mol. The van der Waals surface area contributed by atoms with Crippen molar-refractivity contribution in [2.75, 3.05) is 4.90 Å². The van der Waals surface area contributed by atoms with E-state index in [2.05, 4.69) is 170 Å². The molecule has 1 aliphatic carbocycles. The van der Waals surface area contributed by atoms with Crippen LogP contribution < -0.4 is 4.90 Å². The van der Waals surface area contributed by atoms with Gasteiger partial charge in [0, 0.05) is 37.0 Å². The lowest BCUT2D eigenvalue weighted by Crippen LogP contribution is -2.16. The second kappa shape index (κ2) is 9.92. The van der Waals surface area contributed by atoms with Crippen molar-refractivity contribution < 1.29 is 0 Å². The number of fused-ring (bicyclic) bond motifs is 7. The minimum atomic E-state index is -0.0817. The Morgan fingerprint density at radius 1 is 0.489 bits per heavy atom. The molecular weight excluding hydrogens is 563 g/mol. The molecule has 2 heteroatoms. The van der Waals surface area contributed by atoms with E-state index in [1.807, 2.05) is 11.3 Å². The van der Waals surface area contributed by atoms with Crippen LogP contribution >= 0.6 is 11.3 Å². The van der Waals surface area contributed by atoms with Gasteiger partial charge in [-0.25, -0.2) is 0 Å². The normalized spacial score (nSPS) is 13.3. The van der Waals surface area contributed by atoms with E-state index < -0.39 is 0 Å². The first-order valence-corrected chi connectivity index (χ1v) is 16.4. The molecule has 0 saturated carbocycles. The second-order valence-corrected chi connectivity index (χ2v) is 13.7. The minimum absolute atomic E-state index is 0.0817. The Morgan fingerprint density at radius 2 is 1.20 bits per heavy atom. The largest absolute Gasteiger partial charge is 0.310 e. The number of thiophene rings is 1. The molecule has 8 aromatic rings. The van der Waals surface area contributed by atoms with E-state index in [1.165, 1.54) is 75.7 Å². The van der Waals surface area contributed by atoms with Gasteiger partial charge in [-0.1, -0.05) is 117 Å². The summed E-state index contributed by atoms with van der Waals surface area (Å²) in [6.45, 7) is 4.72. The van der Waals surface area contributed by atoms with Crippen LogP contribution in [0.1, 0.15) is 25.0 Å². The molecule has 0 unspecified atom stereocenters. The van der Waals surface area contributed by atoms with Gasteiger partial charge in [-0.15, -0.1) is 11.3 Å². The van der Waals surface area contributed by atoms with Crippen LogP contribution in [0.4, 0.5) is 17.1 Å². The SMILES string of the molecule is CC1(C)c2ccccc2-c2ccc(N(c3cccc(-c4ccc5ccccc5c4)c3)c3cccc4sc5ccccc5c34)cc21. The van der Waals surface area contributed by atoms with Crippen molar-refractivity contribution in [2.45, 2.75) is 19.3 Å². The van der Waals surface area contributed by atoms with E-state index in [4.69, 9.17) is 0 Å². The van der Waals surface area contributed by atoms with Gasteiger partial charge in [0.05, 0.1) is 5.69 Å². The molecule has 1 aliphatic rings. The fraction of sp³-hybridized carbons (Fsp3) is 0.0698. The maximum atomic E-state index is 2.48. The molecule has 0 saturated heterocycles. The first kappa shape index (κ1) is 26.2. The van der Waals surface area contributed by atoms with Gasteiger partial charge >= 0.3 is 0 Å². The third kappa shape index (κ3) is 4.06. The lowest BCUT2D eigenvalue weighted by Gasteiger charge is -2.29. The third-order valence-corrected chi connectivity index (χ3v) is 10.8. The molecular formula is C43H31NS. The first-order chi connectivity index (χ1) is 22.1. The van der Waals surface area contributed by atoms with E-state index in [9.17, 15) is 0 Å². The quantitative estimate of drug-likeness (QED) is 0.196. The standard InChI is InChI=1S/C43H31NS/c1-43(2)37-17-7-5-15-34(37)35-24-23-33(27-38(35)43)44(39-18-10-20-41-42(39)36-16-6-8-19-40(36)45-41)32-14-9-13-30(26-32)31-22-21-28-11-3-4-12-29(28)25-31/h3-27H,1-2H3. The minimum Gasteiger partial charge on any atom is -0.310 e. The van der Waals surface area contributed by atoms with Crippen molar-refractivity contribution in [3.8, 4) is 22.3 Å². The molecule has 1 aromatic heterocycles. The Bertz CT molecular complexity index is 2430. The molecule has 0 atom stereocenters. The summed E-state index contributed by atoms with van der Waals surface area (Å²) >= 11 is 1.87. The van der Waals surface area contributed by atoms with Crippen molar-refractivity contribution in [1.29, 1.82) is 0 Å². The van der Waals surface area contributed by atoms with Crippen molar-refractivity contribution in [3.63, 3.8) is 0 Å². The molecule has 0 bridgehead atoms. The van der Waals surface area contributed by atoms with Gasteiger partial charge in [-0.3, -0.25) is 0 Å². The molecule has 0 aliphatic heterocycles. The Hall–Kier alpha value is -5.18. The van der Waals surface area contributed by atoms with Crippen LogP contribution in [0.3, 0.4) is 0 Å². The zero-order valence-corrected chi connectivity index (χ0v) is 26.1. The van der Waals surface area contributed by atoms with Gasteiger partial charge in [0.25, 0.3) is 0 Å². The molecule has 0 fully saturated rings. The lowest BCUT2D eigenvalue weighted by atomic mass is 9.82. The molecule has 0 amide bonds. The predicted octanol–water partition coefficient (Wildman–Crippen LogP) is 12.7. The fourth-order valence-corrected chi connectivity index (χ4v) is 8.52. The fourth-order valence-electron chi connectivity index (χ4n) is 7.39. The van der Waals surface area contributed by atoms with Crippen LogP contribution in [-0.2, 0) is 5.41 Å². The Morgan fingerprint density at radius 3 is 2.13 bits per heavy atom. The van der Waals surface area contributed by atoms with Gasteiger partial charge in [0.15, 0.2) is 0 Å². The van der Waals surface area contributed by atoms with Crippen molar-refractivity contribution in [2.24, 2.45) is 0 Å². The van der Waals surface area contributed by atoms with Crippen LogP contribution in [0.25, 0.3) is 53.2 Å². The topological polar surface area (TPSA) is 3.24 Å². The van der Waals surface area contributed by atoms with E-state index in [1.54, 1.807) is 0 Å². The van der Waals surface area contributed by atoms with Crippen LogP contribution in [-0.4, -0.2) is 0 Å². The van der Waals surface area contributed by atoms with E-state index in [0.29, 0.717) is 0 Å². The molecule has 0 N–H and O–H groups in total. The molecule has 45 heavy (non-hydrogen) atoms. The zero-order chi connectivity index (χ0) is 30.1. The Kier molecular flexibility index (Phi) is 5.78. The molecule has 9 rings (SSSR count). The zero-order valence-electron chi connectivity index (χ0n) is 25.3. The van der Waals surface area contributed by atoms with Gasteiger partial charge in [0.2, 0.25) is 0 Å². The number of hydrogen-bond acceptors (Lipinski definition) is 2. The second-order valence-electron chi connectivity index (χ2n) is 12.6. The van der Waals surface area contributed by atoms with E-state index in [0.717, 1.165) is 5.69 Å².